The molecule has 1 aromatic carbocycles. The second kappa shape index (κ2) is 7.74. The lowest BCUT2D eigenvalue weighted by Crippen LogP contribution is -2.14. The van der Waals surface area contributed by atoms with Crippen molar-refractivity contribution in [3.05, 3.63) is 41.2 Å². The number of hydrogen-bond donors (Lipinski definition) is 2. The molecule has 0 radical (unpaired) electrons. The van der Waals surface area contributed by atoms with Crippen molar-refractivity contribution in [3.63, 3.8) is 0 Å². The average molecular weight is 331 g/mol. The predicted molar refractivity (Wildman–Crippen MR) is 89.3 cm³/mol. The molecule has 1 aromatic heterocycles. The number of para-hydroxylation sites is 1. The van der Waals surface area contributed by atoms with Gasteiger partial charge in [-0.15, -0.1) is 0 Å². The van der Waals surface area contributed by atoms with E-state index in [4.69, 9.17) is 9.47 Å². The van der Waals surface area contributed by atoms with E-state index in [1.807, 2.05) is 19.1 Å². The van der Waals surface area contributed by atoms with Gasteiger partial charge in [-0.1, -0.05) is 25.1 Å². The van der Waals surface area contributed by atoms with Gasteiger partial charge >= 0.3 is 0 Å². The van der Waals surface area contributed by atoms with Gasteiger partial charge in [0.15, 0.2) is 5.82 Å². The van der Waals surface area contributed by atoms with Crippen molar-refractivity contribution in [2.45, 2.75) is 26.4 Å². The number of aliphatic hydroxyl groups excluding tert-OH is 1. The number of aryl methyl sites for hydroxylation is 1. The number of rotatable bonds is 6. The van der Waals surface area contributed by atoms with Crippen LogP contribution < -0.4 is 14.8 Å². The van der Waals surface area contributed by atoms with E-state index in [0.717, 1.165) is 5.56 Å². The van der Waals surface area contributed by atoms with Crippen LogP contribution in [0.5, 0.6) is 11.8 Å². The van der Waals surface area contributed by atoms with Crippen LogP contribution in [0.15, 0.2) is 24.3 Å². The zero-order chi connectivity index (χ0) is 17.7. The molecule has 1 heterocycles. The minimum atomic E-state index is -1.14. The van der Waals surface area contributed by atoms with Gasteiger partial charge in [0, 0.05) is 12.5 Å². The Labute approximate surface area is 140 Å². The summed E-state index contributed by atoms with van der Waals surface area (Å²) in [5.74, 6) is 0.479. The number of ether oxygens (including phenoxy) is 2. The summed E-state index contributed by atoms with van der Waals surface area (Å²) >= 11 is 0. The van der Waals surface area contributed by atoms with Gasteiger partial charge in [0.05, 0.1) is 26.0 Å². The average Bonchev–Trinajstić information content (AvgIpc) is 2.60. The number of aliphatic hydroxyl groups is 1. The molecule has 0 fully saturated rings. The number of methoxy groups -OCH3 is 2. The van der Waals surface area contributed by atoms with Crippen molar-refractivity contribution in [1.82, 2.24) is 9.97 Å². The van der Waals surface area contributed by atoms with Crippen LogP contribution in [-0.2, 0) is 11.2 Å². The van der Waals surface area contributed by atoms with Gasteiger partial charge in [0.25, 0.3) is 0 Å². The summed E-state index contributed by atoms with van der Waals surface area (Å²) in [6, 6.07) is 6.96. The summed E-state index contributed by atoms with van der Waals surface area (Å²) in [5.41, 5.74) is 2.00. The standard InChI is InChI=1S/C17H21N3O4/c1-5-11-7-6-8-12(15(11)18-10(2)21)16(22)17-19-13(23-3)9-14(20-17)24-4/h6-9,16,22H,5H2,1-4H3,(H,18,21). The highest BCUT2D eigenvalue weighted by atomic mass is 16.5. The molecule has 0 aliphatic heterocycles. The van der Waals surface area contributed by atoms with Crippen LogP contribution in [0.3, 0.4) is 0 Å². The maximum atomic E-state index is 11.5. The Morgan fingerprint density at radius 3 is 2.38 bits per heavy atom. The molecule has 1 amide bonds. The summed E-state index contributed by atoms with van der Waals surface area (Å²) in [6.07, 6.45) is -0.430. The molecule has 1 unspecified atom stereocenters. The van der Waals surface area contributed by atoms with Crippen molar-refractivity contribution in [1.29, 1.82) is 0 Å². The number of carbonyl (C=O) groups excluding carboxylic acids is 1. The first-order chi connectivity index (χ1) is 11.5. The van der Waals surface area contributed by atoms with Crippen LogP contribution in [0.2, 0.25) is 0 Å². The first kappa shape index (κ1) is 17.7. The fourth-order valence-corrected chi connectivity index (χ4v) is 2.36. The van der Waals surface area contributed by atoms with Gasteiger partial charge in [-0.2, -0.15) is 9.97 Å². The van der Waals surface area contributed by atoms with E-state index in [1.54, 1.807) is 6.07 Å². The minimum absolute atomic E-state index is 0.131. The number of aromatic nitrogens is 2. The lowest BCUT2D eigenvalue weighted by molar-refractivity contribution is -0.114. The second-order valence-electron chi connectivity index (χ2n) is 5.13. The van der Waals surface area contributed by atoms with E-state index in [0.29, 0.717) is 17.7 Å². The molecule has 1 atom stereocenters. The van der Waals surface area contributed by atoms with E-state index in [9.17, 15) is 9.90 Å². The van der Waals surface area contributed by atoms with E-state index in [-0.39, 0.29) is 23.5 Å². The highest BCUT2D eigenvalue weighted by molar-refractivity contribution is 5.90. The van der Waals surface area contributed by atoms with E-state index in [2.05, 4.69) is 15.3 Å². The molecule has 0 spiro atoms. The third-order valence-corrected chi connectivity index (χ3v) is 3.52. The highest BCUT2D eigenvalue weighted by Crippen LogP contribution is 2.31. The monoisotopic (exact) mass is 331 g/mol. The molecule has 0 aliphatic rings. The van der Waals surface area contributed by atoms with Gasteiger partial charge in [0.1, 0.15) is 6.10 Å². The maximum Gasteiger partial charge on any atom is 0.221 e. The number of amides is 1. The fraction of sp³-hybridized carbons (Fsp3) is 0.353. The lowest BCUT2D eigenvalue weighted by atomic mass is 10.00. The summed E-state index contributed by atoms with van der Waals surface area (Å²) in [6.45, 7) is 3.40. The summed E-state index contributed by atoms with van der Waals surface area (Å²) in [4.78, 5) is 19.9. The summed E-state index contributed by atoms with van der Waals surface area (Å²) in [5, 5.41) is 13.5. The topological polar surface area (TPSA) is 93.6 Å². The summed E-state index contributed by atoms with van der Waals surface area (Å²) in [7, 11) is 2.94. The van der Waals surface area contributed by atoms with Crippen molar-refractivity contribution in [3.8, 4) is 11.8 Å². The van der Waals surface area contributed by atoms with E-state index >= 15 is 0 Å². The van der Waals surface area contributed by atoms with Crippen molar-refractivity contribution < 1.29 is 19.4 Å². The molecule has 0 saturated carbocycles. The molecule has 2 rings (SSSR count). The smallest absolute Gasteiger partial charge is 0.221 e. The fourth-order valence-electron chi connectivity index (χ4n) is 2.36. The van der Waals surface area contributed by atoms with Crippen molar-refractivity contribution >= 4 is 11.6 Å². The second-order valence-corrected chi connectivity index (χ2v) is 5.13. The van der Waals surface area contributed by atoms with Crippen LogP contribution in [0, 0.1) is 0 Å². The number of nitrogens with one attached hydrogen (secondary N) is 1. The molecule has 128 valence electrons. The first-order valence-corrected chi connectivity index (χ1v) is 7.54. The van der Waals surface area contributed by atoms with E-state index in [1.165, 1.54) is 27.2 Å². The minimum Gasteiger partial charge on any atom is -0.481 e. The van der Waals surface area contributed by atoms with E-state index < -0.39 is 6.10 Å². The van der Waals surface area contributed by atoms with Crippen molar-refractivity contribution in [2.75, 3.05) is 19.5 Å². The third kappa shape index (κ3) is 3.80. The Hall–Kier alpha value is -2.67. The number of nitrogens with zero attached hydrogens (tertiary/aromatic N) is 2. The molecule has 0 bridgehead atoms. The Morgan fingerprint density at radius 2 is 1.88 bits per heavy atom. The van der Waals surface area contributed by atoms with Gasteiger partial charge in [-0.25, -0.2) is 0 Å². The van der Waals surface area contributed by atoms with Crippen LogP contribution >= 0.6 is 0 Å². The number of benzene rings is 1. The quantitative estimate of drug-likeness (QED) is 0.842. The molecule has 0 aliphatic carbocycles. The molecule has 0 saturated heterocycles. The first-order valence-electron chi connectivity index (χ1n) is 7.54. The van der Waals surface area contributed by atoms with Crippen LogP contribution in [-0.4, -0.2) is 35.2 Å². The highest BCUT2D eigenvalue weighted by Gasteiger charge is 2.21. The molecular formula is C17H21N3O4. The Morgan fingerprint density at radius 1 is 1.25 bits per heavy atom. The third-order valence-electron chi connectivity index (χ3n) is 3.52. The van der Waals surface area contributed by atoms with Crippen LogP contribution in [0.1, 0.15) is 36.9 Å². The maximum absolute atomic E-state index is 11.5. The zero-order valence-electron chi connectivity index (χ0n) is 14.2. The molecule has 7 heteroatoms. The number of carbonyl (C=O) groups is 1. The van der Waals surface area contributed by atoms with Crippen LogP contribution in [0.4, 0.5) is 5.69 Å². The largest absolute Gasteiger partial charge is 0.481 e. The number of hydrogen-bond acceptors (Lipinski definition) is 6. The summed E-state index contributed by atoms with van der Waals surface area (Å²) < 4.78 is 10.2. The SMILES string of the molecule is CCc1cccc(C(O)c2nc(OC)cc(OC)n2)c1NC(C)=O. The Kier molecular flexibility index (Phi) is 5.70. The molecule has 2 N–H and O–H groups in total. The van der Waals surface area contributed by atoms with Gasteiger partial charge in [0.2, 0.25) is 17.7 Å². The van der Waals surface area contributed by atoms with Gasteiger partial charge in [-0.05, 0) is 12.0 Å². The molecule has 24 heavy (non-hydrogen) atoms. The van der Waals surface area contributed by atoms with Gasteiger partial charge < -0.3 is 19.9 Å². The molecule has 7 nitrogen and oxygen atoms in total. The van der Waals surface area contributed by atoms with Crippen LogP contribution in [0.25, 0.3) is 0 Å². The molecule has 2 aromatic rings. The Bertz CT molecular complexity index is 712. The number of anilines is 1. The zero-order valence-corrected chi connectivity index (χ0v) is 14.2. The predicted octanol–water partition coefficient (Wildman–Crippen LogP) is 2.10. The lowest BCUT2D eigenvalue weighted by Gasteiger charge is -2.18. The Balaban J connectivity index is 2.53. The van der Waals surface area contributed by atoms with Crippen molar-refractivity contribution in [2.24, 2.45) is 0 Å². The molecular weight excluding hydrogens is 310 g/mol. The van der Waals surface area contributed by atoms with Gasteiger partial charge in [-0.3, -0.25) is 4.79 Å². The normalized spacial score (nSPS) is 11.7.